The molecule has 1 saturated heterocycles. The van der Waals surface area contributed by atoms with Gasteiger partial charge in [-0.2, -0.15) is 0 Å². The van der Waals surface area contributed by atoms with E-state index in [1.54, 1.807) is 9.80 Å². The molecule has 126 valence electrons. The van der Waals surface area contributed by atoms with Gasteiger partial charge in [0.1, 0.15) is 5.76 Å². The number of hydrogen-bond acceptors (Lipinski definition) is 4. The molecule has 6 heteroatoms. The molecular formula is C18H21N3O3. The van der Waals surface area contributed by atoms with Crippen molar-refractivity contribution >= 4 is 11.8 Å². The maximum Gasteiger partial charge on any atom is 0.253 e. The molecule has 0 unspecified atom stereocenters. The minimum atomic E-state index is 0.0217. The fraction of sp³-hybridized carbons (Fsp3) is 0.389. The highest BCUT2D eigenvalue weighted by molar-refractivity contribution is 5.94. The topological polar surface area (TPSA) is 66.7 Å². The summed E-state index contributed by atoms with van der Waals surface area (Å²) in [7, 11) is 0. The molecule has 0 radical (unpaired) electrons. The van der Waals surface area contributed by atoms with Gasteiger partial charge in [-0.25, -0.2) is 0 Å². The van der Waals surface area contributed by atoms with Crippen molar-refractivity contribution in [2.75, 3.05) is 26.2 Å². The average molecular weight is 327 g/mol. The monoisotopic (exact) mass is 327 g/mol. The SMILES string of the molecule is Cc1noc(C)c1CC(=O)N1CCN(C(=O)c2ccccc2)CC1. The molecule has 1 aliphatic heterocycles. The van der Waals surface area contributed by atoms with Gasteiger partial charge in [-0.1, -0.05) is 23.4 Å². The Morgan fingerprint density at radius 2 is 1.67 bits per heavy atom. The van der Waals surface area contributed by atoms with Crippen LogP contribution in [0, 0.1) is 13.8 Å². The zero-order valence-corrected chi connectivity index (χ0v) is 14.0. The summed E-state index contributed by atoms with van der Waals surface area (Å²) in [4.78, 5) is 28.5. The molecule has 1 aromatic carbocycles. The first-order valence-electron chi connectivity index (χ1n) is 8.10. The molecule has 0 atom stereocenters. The van der Waals surface area contributed by atoms with Crippen molar-refractivity contribution < 1.29 is 14.1 Å². The molecule has 0 saturated carbocycles. The van der Waals surface area contributed by atoms with Gasteiger partial charge in [0.05, 0.1) is 12.1 Å². The number of carbonyl (C=O) groups excluding carboxylic acids is 2. The number of carbonyl (C=O) groups is 2. The second kappa shape index (κ2) is 6.86. The second-order valence-corrected chi connectivity index (χ2v) is 6.02. The average Bonchev–Trinajstić information content (AvgIpc) is 2.94. The summed E-state index contributed by atoms with van der Waals surface area (Å²) in [6, 6.07) is 9.24. The Hall–Kier alpha value is -2.63. The highest BCUT2D eigenvalue weighted by Crippen LogP contribution is 2.15. The predicted molar refractivity (Wildman–Crippen MR) is 88.6 cm³/mol. The molecule has 0 bridgehead atoms. The van der Waals surface area contributed by atoms with Crippen molar-refractivity contribution in [1.82, 2.24) is 15.0 Å². The fourth-order valence-electron chi connectivity index (χ4n) is 2.94. The zero-order chi connectivity index (χ0) is 17.1. The molecule has 2 heterocycles. The number of rotatable bonds is 3. The molecule has 6 nitrogen and oxygen atoms in total. The van der Waals surface area contributed by atoms with Gasteiger partial charge < -0.3 is 14.3 Å². The molecule has 3 rings (SSSR count). The molecule has 24 heavy (non-hydrogen) atoms. The van der Waals surface area contributed by atoms with E-state index in [4.69, 9.17) is 4.52 Å². The Labute approximate surface area is 141 Å². The third-order valence-electron chi connectivity index (χ3n) is 4.45. The first-order chi connectivity index (χ1) is 11.6. The number of piperazine rings is 1. The number of amides is 2. The van der Waals surface area contributed by atoms with Gasteiger partial charge in [-0.15, -0.1) is 0 Å². The number of aromatic nitrogens is 1. The van der Waals surface area contributed by atoms with Crippen molar-refractivity contribution in [2.24, 2.45) is 0 Å². The normalized spacial score (nSPS) is 14.8. The maximum atomic E-state index is 12.5. The smallest absolute Gasteiger partial charge is 0.253 e. The molecule has 2 aromatic rings. The minimum Gasteiger partial charge on any atom is -0.361 e. The Morgan fingerprint density at radius 1 is 1.04 bits per heavy atom. The van der Waals surface area contributed by atoms with Crippen LogP contribution in [0.25, 0.3) is 0 Å². The molecular weight excluding hydrogens is 306 g/mol. The highest BCUT2D eigenvalue weighted by Gasteiger charge is 2.26. The lowest BCUT2D eigenvalue weighted by Gasteiger charge is -2.35. The van der Waals surface area contributed by atoms with Crippen molar-refractivity contribution in [2.45, 2.75) is 20.3 Å². The van der Waals surface area contributed by atoms with Crippen LogP contribution in [0.5, 0.6) is 0 Å². The fourth-order valence-corrected chi connectivity index (χ4v) is 2.94. The zero-order valence-electron chi connectivity index (χ0n) is 14.0. The Morgan fingerprint density at radius 3 is 2.25 bits per heavy atom. The van der Waals surface area contributed by atoms with Crippen molar-refractivity contribution in [3.63, 3.8) is 0 Å². The molecule has 1 fully saturated rings. The van der Waals surface area contributed by atoms with Gasteiger partial charge in [0.25, 0.3) is 5.91 Å². The largest absolute Gasteiger partial charge is 0.361 e. The second-order valence-electron chi connectivity index (χ2n) is 6.02. The van der Waals surface area contributed by atoms with E-state index in [1.807, 2.05) is 44.2 Å². The van der Waals surface area contributed by atoms with Crippen molar-refractivity contribution in [1.29, 1.82) is 0 Å². The van der Waals surface area contributed by atoms with Crippen molar-refractivity contribution in [3.8, 4) is 0 Å². The number of nitrogens with zero attached hydrogens (tertiary/aromatic N) is 3. The van der Waals surface area contributed by atoms with E-state index in [0.717, 1.165) is 11.3 Å². The summed E-state index contributed by atoms with van der Waals surface area (Å²) in [5.41, 5.74) is 2.31. The molecule has 2 amide bonds. The summed E-state index contributed by atoms with van der Waals surface area (Å²) >= 11 is 0. The van der Waals surface area contributed by atoms with Crippen LogP contribution >= 0.6 is 0 Å². The number of benzene rings is 1. The summed E-state index contributed by atoms with van der Waals surface area (Å²) in [6.45, 7) is 5.89. The maximum absolute atomic E-state index is 12.5. The Balaban J connectivity index is 1.57. The van der Waals surface area contributed by atoms with Crippen LogP contribution in [-0.4, -0.2) is 52.9 Å². The quantitative estimate of drug-likeness (QED) is 0.862. The van der Waals surface area contributed by atoms with E-state index in [0.29, 0.717) is 43.9 Å². The van der Waals surface area contributed by atoms with Crippen LogP contribution in [0.3, 0.4) is 0 Å². The summed E-state index contributed by atoms with van der Waals surface area (Å²) in [6.07, 6.45) is 0.299. The lowest BCUT2D eigenvalue weighted by molar-refractivity contribution is -0.131. The standard InChI is InChI=1S/C18H21N3O3/c1-13-16(14(2)24-19-13)12-17(22)20-8-10-21(11-9-20)18(23)15-6-4-3-5-7-15/h3-7H,8-12H2,1-2H3. The molecule has 0 spiro atoms. The molecule has 1 aromatic heterocycles. The van der Waals surface area contributed by atoms with Crippen molar-refractivity contribution in [3.05, 3.63) is 52.9 Å². The van der Waals surface area contributed by atoms with Gasteiger partial charge in [0.2, 0.25) is 5.91 Å². The third-order valence-corrected chi connectivity index (χ3v) is 4.45. The van der Waals surface area contributed by atoms with E-state index in [1.165, 1.54) is 0 Å². The van der Waals surface area contributed by atoms with Crippen LogP contribution in [0.15, 0.2) is 34.9 Å². The summed E-state index contributed by atoms with van der Waals surface area (Å²) < 4.78 is 5.11. The van der Waals surface area contributed by atoms with Gasteiger partial charge in [-0.05, 0) is 26.0 Å². The first kappa shape index (κ1) is 16.2. The van der Waals surface area contributed by atoms with Crippen LogP contribution in [0.4, 0.5) is 0 Å². The Bertz CT molecular complexity index is 712. The van der Waals surface area contributed by atoms with Gasteiger partial charge in [-0.3, -0.25) is 9.59 Å². The van der Waals surface area contributed by atoms with Crippen LogP contribution < -0.4 is 0 Å². The van der Waals surface area contributed by atoms with Gasteiger partial charge >= 0.3 is 0 Å². The van der Waals surface area contributed by atoms with E-state index in [9.17, 15) is 9.59 Å². The number of aryl methyl sites for hydroxylation is 2. The highest BCUT2D eigenvalue weighted by atomic mass is 16.5. The molecule has 1 aliphatic rings. The van der Waals surface area contributed by atoms with E-state index >= 15 is 0 Å². The van der Waals surface area contributed by atoms with Crippen LogP contribution in [-0.2, 0) is 11.2 Å². The lowest BCUT2D eigenvalue weighted by Crippen LogP contribution is -2.51. The van der Waals surface area contributed by atoms with Crippen LogP contribution in [0.1, 0.15) is 27.4 Å². The van der Waals surface area contributed by atoms with E-state index in [-0.39, 0.29) is 11.8 Å². The van der Waals surface area contributed by atoms with E-state index in [2.05, 4.69) is 5.16 Å². The Kier molecular flexibility index (Phi) is 4.64. The molecule has 0 aliphatic carbocycles. The minimum absolute atomic E-state index is 0.0217. The predicted octanol–water partition coefficient (Wildman–Crippen LogP) is 1.82. The summed E-state index contributed by atoms with van der Waals surface area (Å²) in [5, 5.41) is 3.88. The molecule has 0 N–H and O–H groups in total. The van der Waals surface area contributed by atoms with E-state index < -0.39 is 0 Å². The summed E-state index contributed by atoms with van der Waals surface area (Å²) in [5.74, 6) is 0.767. The first-order valence-corrected chi connectivity index (χ1v) is 8.10. The van der Waals surface area contributed by atoms with Gasteiger partial charge in [0, 0.05) is 37.3 Å². The van der Waals surface area contributed by atoms with Crippen LogP contribution in [0.2, 0.25) is 0 Å². The lowest BCUT2D eigenvalue weighted by atomic mass is 10.1. The number of hydrogen-bond donors (Lipinski definition) is 0. The third kappa shape index (κ3) is 3.32. The van der Waals surface area contributed by atoms with Gasteiger partial charge in [0.15, 0.2) is 0 Å².